The Bertz CT molecular complexity index is 211. The predicted octanol–water partition coefficient (Wildman–Crippen LogP) is 2.49. The molecule has 1 aliphatic carbocycles. The number of piperazine rings is 1. The Morgan fingerprint density at radius 2 is 2.06 bits per heavy atom. The molecule has 0 radical (unpaired) electrons. The standard InChI is InChI=1S/C14H28N2/c1-4-13-10-15-8-9-16(13)14-7-5-6-11(2)12(14)3/h11-15H,4-10H2,1-3H3. The van der Waals surface area contributed by atoms with Crippen LogP contribution < -0.4 is 5.32 Å². The van der Waals surface area contributed by atoms with E-state index in [0.29, 0.717) is 0 Å². The highest BCUT2D eigenvalue weighted by molar-refractivity contribution is 4.90. The summed E-state index contributed by atoms with van der Waals surface area (Å²) in [6.45, 7) is 10.9. The van der Waals surface area contributed by atoms with Gasteiger partial charge in [0.15, 0.2) is 0 Å². The Morgan fingerprint density at radius 3 is 2.81 bits per heavy atom. The number of hydrogen-bond donors (Lipinski definition) is 1. The van der Waals surface area contributed by atoms with Gasteiger partial charge in [-0.05, 0) is 24.7 Å². The molecule has 2 nitrogen and oxygen atoms in total. The maximum absolute atomic E-state index is 3.54. The Kier molecular flexibility index (Phi) is 4.26. The zero-order valence-corrected chi connectivity index (χ0v) is 11.2. The van der Waals surface area contributed by atoms with Crippen LogP contribution >= 0.6 is 0 Å². The molecule has 0 aromatic carbocycles. The molecule has 16 heavy (non-hydrogen) atoms. The third-order valence-electron chi connectivity index (χ3n) is 4.96. The van der Waals surface area contributed by atoms with Crippen LogP contribution in [0.3, 0.4) is 0 Å². The summed E-state index contributed by atoms with van der Waals surface area (Å²) >= 11 is 0. The highest BCUT2D eigenvalue weighted by Crippen LogP contribution is 2.34. The molecule has 0 spiro atoms. The first-order valence-corrected chi connectivity index (χ1v) is 7.20. The van der Waals surface area contributed by atoms with Gasteiger partial charge in [0.05, 0.1) is 0 Å². The second kappa shape index (κ2) is 5.50. The summed E-state index contributed by atoms with van der Waals surface area (Å²) in [5.41, 5.74) is 0. The normalized spacial score (nSPS) is 42.2. The SMILES string of the molecule is CCC1CNCCN1C1CCCC(C)C1C. The lowest BCUT2D eigenvalue weighted by Gasteiger charge is -2.47. The summed E-state index contributed by atoms with van der Waals surface area (Å²) in [7, 11) is 0. The average Bonchev–Trinajstić information content (AvgIpc) is 2.33. The maximum atomic E-state index is 3.54. The number of rotatable bonds is 2. The van der Waals surface area contributed by atoms with Crippen molar-refractivity contribution in [3.05, 3.63) is 0 Å². The van der Waals surface area contributed by atoms with Gasteiger partial charge >= 0.3 is 0 Å². The molecule has 0 bridgehead atoms. The Labute approximate surface area is 101 Å². The van der Waals surface area contributed by atoms with Crippen LogP contribution in [-0.2, 0) is 0 Å². The molecule has 0 aromatic rings. The minimum Gasteiger partial charge on any atom is -0.314 e. The van der Waals surface area contributed by atoms with Gasteiger partial charge in [0.25, 0.3) is 0 Å². The molecule has 94 valence electrons. The van der Waals surface area contributed by atoms with E-state index in [1.54, 1.807) is 0 Å². The number of hydrogen-bond acceptors (Lipinski definition) is 2. The first-order chi connectivity index (χ1) is 7.74. The fraction of sp³-hybridized carbons (Fsp3) is 1.00. The van der Waals surface area contributed by atoms with Gasteiger partial charge in [-0.3, -0.25) is 4.90 Å². The molecule has 1 aliphatic heterocycles. The monoisotopic (exact) mass is 224 g/mol. The molecule has 2 aliphatic rings. The summed E-state index contributed by atoms with van der Waals surface area (Å²) in [5.74, 6) is 1.81. The number of nitrogens with one attached hydrogen (secondary N) is 1. The third-order valence-corrected chi connectivity index (χ3v) is 4.96. The first-order valence-electron chi connectivity index (χ1n) is 7.20. The molecule has 0 aromatic heterocycles. The molecule has 4 unspecified atom stereocenters. The maximum Gasteiger partial charge on any atom is 0.0221 e. The van der Waals surface area contributed by atoms with Crippen molar-refractivity contribution in [3.8, 4) is 0 Å². The lowest BCUT2D eigenvalue weighted by molar-refractivity contribution is 0.0309. The molecule has 2 fully saturated rings. The lowest BCUT2D eigenvalue weighted by atomic mass is 9.76. The molecule has 1 saturated heterocycles. The minimum atomic E-state index is 0.784. The van der Waals surface area contributed by atoms with E-state index in [1.807, 2.05) is 0 Å². The molecule has 1 saturated carbocycles. The van der Waals surface area contributed by atoms with Gasteiger partial charge in [0.1, 0.15) is 0 Å². The van der Waals surface area contributed by atoms with Crippen LogP contribution in [0, 0.1) is 11.8 Å². The van der Waals surface area contributed by atoms with E-state index in [4.69, 9.17) is 0 Å². The van der Waals surface area contributed by atoms with Crippen LogP contribution in [-0.4, -0.2) is 36.6 Å². The van der Waals surface area contributed by atoms with E-state index < -0.39 is 0 Å². The number of nitrogens with zero attached hydrogens (tertiary/aromatic N) is 1. The molecule has 4 atom stereocenters. The quantitative estimate of drug-likeness (QED) is 0.775. The van der Waals surface area contributed by atoms with E-state index >= 15 is 0 Å². The van der Waals surface area contributed by atoms with E-state index in [0.717, 1.165) is 23.9 Å². The lowest BCUT2D eigenvalue weighted by Crippen LogP contribution is -2.57. The van der Waals surface area contributed by atoms with Crippen molar-refractivity contribution < 1.29 is 0 Å². The fourth-order valence-electron chi connectivity index (χ4n) is 3.61. The van der Waals surface area contributed by atoms with E-state index in [-0.39, 0.29) is 0 Å². The Morgan fingerprint density at radius 1 is 1.25 bits per heavy atom. The summed E-state index contributed by atoms with van der Waals surface area (Å²) in [6, 6.07) is 1.64. The van der Waals surface area contributed by atoms with Crippen LogP contribution in [0.1, 0.15) is 46.5 Å². The third kappa shape index (κ3) is 2.43. The fourth-order valence-corrected chi connectivity index (χ4v) is 3.61. The predicted molar refractivity (Wildman–Crippen MR) is 69.6 cm³/mol. The topological polar surface area (TPSA) is 15.3 Å². The molecule has 2 rings (SSSR count). The van der Waals surface area contributed by atoms with Crippen LogP contribution in [0.25, 0.3) is 0 Å². The van der Waals surface area contributed by atoms with Crippen LogP contribution in [0.4, 0.5) is 0 Å². The molecule has 1 N–H and O–H groups in total. The van der Waals surface area contributed by atoms with E-state index in [1.165, 1.54) is 45.3 Å². The van der Waals surface area contributed by atoms with Gasteiger partial charge in [0.2, 0.25) is 0 Å². The van der Waals surface area contributed by atoms with Crippen LogP contribution in [0.5, 0.6) is 0 Å². The van der Waals surface area contributed by atoms with Crippen molar-refractivity contribution in [2.75, 3.05) is 19.6 Å². The summed E-state index contributed by atoms with van der Waals surface area (Å²) in [5, 5.41) is 3.54. The van der Waals surface area contributed by atoms with Crippen LogP contribution in [0.2, 0.25) is 0 Å². The molecule has 2 heteroatoms. The van der Waals surface area contributed by atoms with Crippen molar-refractivity contribution >= 4 is 0 Å². The second-order valence-electron chi connectivity index (χ2n) is 5.84. The van der Waals surface area contributed by atoms with E-state index in [9.17, 15) is 0 Å². The van der Waals surface area contributed by atoms with Gasteiger partial charge in [-0.1, -0.05) is 33.6 Å². The van der Waals surface area contributed by atoms with Gasteiger partial charge in [0, 0.05) is 31.7 Å². The van der Waals surface area contributed by atoms with Gasteiger partial charge in [-0.15, -0.1) is 0 Å². The average molecular weight is 224 g/mol. The van der Waals surface area contributed by atoms with Crippen molar-refractivity contribution in [2.24, 2.45) is 11.8 Å². The largest absolute Gasteiger partial charge is 0.314 e. The Hall–Kier alpha value is -0.0800. The van der Waals surface area contributed by atoms with Crippen molar-refractivity contribution in [3.63, 3.8) is 0 Å². The van der Waals surface area contributed by atoms with Gasteiger partial charge in [-0.25, -0.2) is 0 Å². The second-order valence-corrected chi connectivity index (χ2v) is 5.84. The zero-order valence-electron chi connectivity index (χ0n) is 11.2. The van der Waals surface area contributed by atoms with Crippen molar-refractivity contribution in [2.45, 2.75) is 58.5 Å². The minimum absolute atomic E-state index is 0.784. The highest BCUT2D eigenvalue weighted by Gasteiger charge is 2.35. The smallest absolute Gasteiger partial charge is 0.0221 e. The zero-order chi connectivity index (χ0) is 11.5. The molecule has 0 amide bonds. The molecule has 1 heterocycles. The van der Waals surface area contributed by atoms with Gasteiger partial charge in [-0.2, -0.15) is 0 Å². The van der Waals surface area contributed by atoms with Crippen LogP contribution in [0.15, 0.2) is 0 Å². The first kappa shape index (κ1) is 12.4. The Balaban J connectivity index is 2.03. The molecular weight excluding hydrogens is 196 g/mol. The summed E-state index contributed by atoms with van der Waals surface area (Å²) < 4.78 is 0. The summed E-state index contributed by atoms with van der Waals surface area (Å²) in [4.78, 5) is 2.82. The van der Waals surface area contributed by atoms with Gasteiger partial charge < -0.3 is 5.32 Å². The highest BCUT2D eigenvalue weighted by atomic mass is 15.2. The van der Waals surface area contributed by atoms with Crippen molar-refractivity contribution in [1.82, 2.24) is 10.2 Å². The molecular formula is C14H28N2. The summed E-state index contributed by atoms with van der Waals surface area (Å²) in [6.07, 6.45) is 5.61. The van der Waals surface area contributed by atoms with E-state index in [2.05, 4.69) is 31.0 Å². The van der Waals surface area contributed by atoms with Crippen molar-refractivity contribution in [1.29, 1.82) is 0 Å².